The van der Waals surface area contributed by atoms with Crippen molar-refractivity contribution in [3.05, 3.63) is 53.6 Å². The number of rotatable bonds is 6. The van der Waals surface area contributed by atoms with Crippen molar-refractivity contribution < 1.29 is 14.3 Å². The summed E-state index contributed by atoms with van der Waals surface area (Å²) in [6.45, 7) is 7.54. The highest BCUT2D eigenvalue weighted by Crippen LogP contribution is 2.18. The quantitative estimate of drug-likeness (QED) is 0.837. The largest absolute Gasteiger partial charge is 0.484 e. The van der Waals surface area contributed by atoms with Gasteiger partial charge in [-0.2, -0.15) is 0 Å². The summed E-state index contributed by atoms with van der Waals surface area (Å²) < 4.78 is 5.55. The molecule has 0 radical (unpaired) electrons. The number of carbonyl (C=O) groups excluding carboxylic acids is 2. The average Bonchev–Trinajstić information content (AvgIpc) is 2.52. The first-order chi connectivity index (χ1) is 11.8. The highest BCUT2D eigenvalue weighted by molar-refractivity contribution is 5.95. The number of aryl methyl sites for hydroxylation is 2. The Balaban J connectivity index is 1.93. The molecule has 2 aromatic carbocycles. The van der Waals surface area contributed by atoms with Crippen molar-refractivity contribution in [2.45, 2.75) is 27.7 Å². The highest BCUT2D eigenvalue weighted by atomic mass is 16.5. The second-order valence-corrected chi connectivity index (χ2v) is 6.39. The molecule has 0 fully saturated rings. The zero-order valence-corrected chi connectivity index (χ0v) is 15.1. The van der Waals surface area contributed by atoms with Crippen molar-refractivity contribution in [2.75, 3.05) is 17.2 Å². The maximum Gasteiger partial charge on any atom is 0.262 e. The number of benzene rings is 2. The molecule has 0 aliphatic carbocycles. The van der Waals surface area contributed by atoms with E-state index in [1.807, 2.05) is 45.9 Å². The van der Waals surface area contributed by atoms with Gasteiger partial charge in [0.2, 0.25) is 5.91 Å². The molecule has 0 saturated carbocycles. The minimum absolute atomic E-state index is 0.0679. The van der Waals surface area contributed by atoms with Crippen LogP contribution in [0.1, 0.15) is 25.0 Å². The Kier molecular flexibility index (Phi) is 6.17. The van der Waals surface area contributed by atoms with Gasteiger partial charge in [-0.05, 0) is 55.3 Å². The van der Waals surface area contributed by atoms with E-state index in [1.165, 1.54) is 0 Å². The lowest BCUT2D eigenvalue weighted by Crippen LogP contribution is -2.21. The molecule has 0 spiro atoms. The predicted molar refractivity (Wildman–Crippen MR) is 100.0 cm³/mol. The van der Waals surface area contributed by atoms with Crippen LogP contribution in [0.4, 0.5) is 11.4 Å². The molecule has 0 saturated heterocycles. The van der Waals surface area contributed by atoms with Crippen LogP contribution < -0.4 is 15.4 Å². The minimum Gasteiger partial charge on any atom is -0.484 e. The van der Waals surface area contributed by atoms with E-state index in [-0.39, 0.29) is 24.3 Å². The Morgan fingerprint density at radius 1 is 0.960 bits per heavy atom. The Morgan fingerprint density at radius 3 is 2.16 bits per heavy atom. The number of hydrogen-bond donors (Lipinski definition) is 2. The van der Waals surface area contributed by atoms with Gasteiger partial charge in [0.1, 0.15) is 5.75 Å². The van der Waals surface area contributed by atoms with Crippen molar-refractivity contribution in [1.82, 2.24) is 0 Å². The van der Waals surface area contributed by atoms with Gasteiger partial charge in [-0.25, -0.2) is 0 Å². The summed E-state index contributed by atoms with van der Waals surface area (Å²) >= 11 is 0. The molecule has 0 atom stereocenters. The number of hydrogen-bond acceptors (Lipinski definition) is 3. The molecule has 2 N–H and O–H groups in total. The van der Waals surface area contributed by atoms with E-state index in [9.17, 15) is 9.59 Å². The molecule has 0 heterocycles. The van der Waals surface area contributed by atoms with Crippen LogP contribution in [0.2, 0.25) is 0 Å². The summed E-state index contributed by atoms with van der Waals surface area (Å²) in [6.07, 6.45) is 0. The Hall–Kier alpha value is -2.82. The molecule has 0 aliphatic heterocycles. The third-order valence-electron chi connectivity index (χ3n) is 3.50. The van der Waals surface area contributed by atoms with Crippen LogP contribution in [0.25, 0.3) is 0 Å². The summed E-state index contributed by atoms with van der Waals surface area (Å²) in [6, 6.07) is 12.9. The molecule has 2 aromatic rings. The monoisotopic (exact) mass is 340 g/mol. The van der Waals surface area contributed by atoms with Crippen molar-refractivity contribution in [2.24, 2.45) is 5.92 Å². The van der Waals surface area contributed by atoms with E-state index in [1.54, 1.807) is 24.3 Å². The molecule has 2 amide bonds. The molecule has 132 valence electrons. The fourth-order valence-electron chi connectivity index (χ4n) is 2.32. The summed E-state index contributed by atoms with van der Waals surface area (Å²) in [7, 11) is 0. The van der Waals surface area contributed by atoms with Gasteiger partial charge < -0.3 is 15.4 Å². The summed E-state index contributed by atoms with van der Waals surface area (Å²) in [5.41, 5.74) is 3.43. The van der Waals surface area contributed by atoms with E-state index in [0.717, 1.165) is 11.1 Å². The maximum absolute atomic E-state index is 12.1. The van der Waals surface area contributed by atoms with Crippen molar-refractivity contribution in [3.63, 3.8) is 0 Å². The molecule has 0 bridgehead atoms. The number of nitrogens with one attached hydrogen (secondary N) is 2. The smallest absolute Gasteiger partial charge is 0.262 e. The maximum atomic E-state index is 12.1. The molecule has 2 rings (SSSR count). The van der Waals surface area contributed by atoms with Crippen LogP contribution in [-0.2, 0) is 9.59 Å². The second-order valence-electron chi connectivity index (χ2n) is 6.39. The molecule has 0 aromatic heterocycles. The third-order valence-corrected chi connectivity index (χ3v) is 3.50. The first-order valence-electron chi connectivity index (χ1n) is 8.25. The van der Waals surface area contributed by atoms with Crippen LogP contribution in [0.3, 0.4) is 0 Å². The van der Waals surface area contributed by atoms with Crippen molar-refractivity contribution >= 4 is 23.2 Å². The SMILES string of the molecule is Cc1cc(C)cc(OCC(=O)Nc2cccc(NC(=O)C(C)C)c2)c1. The number of anilines is 2. The highest BCUT2D eigenvalue weighted by Gasteiger charge is 2.09. The van der Waals surface area contributed by atoms with Crippen LogP contribution in [0.5, 0.6) is 5.75 Å². The first-order valence-corrected chi connectivity index (χ1v) is 8.25. The molecule has 25 heavy (non-hydrogen) atoms. The Labute approximate surface area is 148 Å². The molecule has 5 heteroatoms. The summed E-state index contributed by atoms with van der Waals surface area (Å²) in [5, 5.41) is 5.57. The van der Waals surface area contributed by atoms with Crippen LogP contribution >= 0.6 is 0 Å². The fraction of sp³-hybridized carbons (Fsp3) is 0.300. The molecule has 0 unspecified atom stereocenters. The van der Waals surface area contributed by atoms with E-state index in [2.05, 4.69) is 10.6 Å². The Morgan fingerprint density at radius 2 is 1.56 bits per heavy atom. The zero-order valence-electron chi connectivity index (χ0n) is 15.1. The molecular formula is C20H24N2O3. The van der Waals surface area contributed by atoms with Gasteiger partial charge in [-0.3, -0.25) is 9.59 Å². The lowest BCUT2D eigenvalue weighted by atomic mass is 10.1. The summed E-state index contributed by atoms with van der Waals surface area (Å²) in [4.78, 5) is 23.8. The van der Waals surface area contributed by atoms with Crippen molar-refractivity contribution in [1.29, 1.82) is 0 Å². The molecule has 5 nitrogen and oxygen atoms in total. The third kappa shape index (κ3) is 5.95. The fourth-order valence-corrected chi connectivity index (χ4v) is 2.32. The van der Waals surface area contributed by atoms with Gasteiger partial charge in [0.15, 0.2) is 6.61 Å². The summed E-state index contributed by atoms with van der Waals surface area (Å²) in [5.74, 6) is 0.239. The van der Waals surface area contributed by atoms with Crippen LogP contribution in [0, 0.1) is 19.8 Å². The van der Waals surface area contributed by atoms with Gasteiger partial charge in [0.05, 0.1) is 0 Å². The Bertz CT molecular complexity index is 749. The number of amides is 2. The predicted octanol–water partition coefficient (Wildman–Crippen LogP) is 3.92. The number of ether oxygens (including phenoxy) is 1. The zero-order chi connectivity index (χ0) is 18.4. The average molecular weight is 340 g/mol. The van der Waals surface area contributed by atoms with Crippen LogP contribution in [0.15, 0.2) is 42.5 Å². The minimum atomic E-state index is -0.258. The van der Waals surface area contributed by atoms with Gasteiger partial charge >= 0.3 is 0 Å². The van der Waals surface area contributed by atoms with Crippen molar-refractivity contribution in [3.8, 4) is 5.75 Å². The lowest BCUT2D eigenvalue weighted by Gasteiger charge is -2.11. The van der Waals surface area contributed by atoms with Gasteiger partial charge in [0, 0.05) is 17.3 Å². The lowest BCUT2D eigenvalue weighted by molar-refractivity contribution is -0.119. The van der Waals surface area contributed by atoms with Gasteiger partial charge in [-0.1, -0.05) is 26.0 Å². The van der Waals surface area contributed by atoms with Crippen LogP contribution in [-0.4, -0.2) is 18.4 Å². The second kappa shape index (κ2) is 8.33. The van der Waals surface area contributed by atoms with E-state index in [4.69, 9.17) is 4.74 Å². The van der Waals surface area contributed by atoms with E-state index in [0.29, 0.717) is 17.1 Å². The number of carbonyl (C=O) groups is 2. The standard InChI is InChI=1S/C20H24N2O3/c1-13(2)20(24)22-17-7-5-6-16(11-17)21-19(23)12-25-18-9-14(3)8-15(4)10-18/h5-11,13H,12H2,1-4H3,(H,21,23)(H,22,24). The first kappa shape index (κ1) is 18.5. The van der Waals surface area contributed by atoms with E-state index < -0.39 is 0 Å². The van der Waals surface area contributed by atoms with Gasteiger partial charge in [-0.15, -0.1) is 0 Å². The molecular weight excluding hydrogens is 316 g/mol. The van der Waals surface area contributed by atoms with E-state index >= 15 is 0 Å². The topological polar surface area (TPSA) is 67.4 Å². The normalized spacial score (nSPS) is 10.4. The molecule has 0 aliphatic rings. The van der Waals surface area contributed by atoms with Gasteiger partial charge in [0.25, 0.3) is 5.91 Å².